The van der Waals surface area contributed by atoms with Crippen LogP contribution in [0.25, 0.3) is 48.7 Å². The van der Waals surface area contributed by atoms with Gasteiger partial charge in [-0.1, -0.05) is 31.2 Å². The van der Waals surface area contributed by atoms with Gasteiger partial charge in [-0.2, -0.15) is 15.2 Å². The Bertz CT molecular complexity index is 3650. The summed E-state index contributed by atoms with van der Waals surface area (Å²) in [5, 5.41) is 11.7. The number of ether oxygens (including phenoxy) is 3. The van der Waals surface area contributed by atoms with Gasteiger partial charge in [-0.25, -0.2) is 13.8 Å². The second-order valence-electron chi connectivity index (χ2n) is 21.1. The van der Waals surface area contributed by atoms with Gasteiger partial charge in [-0.3, -0.25) is 19.3 Å². The van der Waals surface area contributed by atoms with Crippen LogP contribution in [0.1, 0.15) is 80.3 Å². The third kappa shape index (κ3) is 8.35. The van der Waals surface area contributed by atoms with Crippen molar-refractivity contribution in [3.63, 3.8) is 0 Å². The Morgan fingerprint density at radius 2 is 1.82 bits per heavy atom. The van der Waals surface area contributed by atoms with E-state index in [1.54, 1.807) is 11.0 Å². The van der Waals surface area contributed by atoms with E-state index in [4.69, 9.17) is 46.5 Å². The average Bonchev–Trinajstić information content (AvgIpc) is 4.21. The Hall–Kier alpha value is -7.20. The number of fused-ring (bicyclic) bond motifs is 5. The Morgan fingerprint density at radius 1 is 1.05 bits per heavy atom. The van der Waals surface area contributed by atoms with Crippen LogP contribution in [0, 0.1) is 28.9 Å². The van der Waals surface area contributed by atoms with Gasteiger partial charge in [-0.15, -0.1) is 11.3 Å². The van der Waals surface area contributed by atoms with Crippen LogP contribution >= 0.6 is 22.9 Å². The maximum atomic E-state index is 17.4. The molecule has 0 saturated carbocycles. The third-order valence-electron chi connectivity index (χ3n) is 16.8. The Labute approximate surface area is 452 Å². The molecule has 3 aromatic heterocycles. The number of piperazine rings is 1. The summed E-state index contributed by atoms with van der Waals surface area (Å²) in [6.07, 6.45) is 9.16. The van der Waals surface area contributed by atoms with Crippen molar-refractivity contribution in [1.82, 2.24) is 29.7 Å². The van der Waals surface area contributed by atoms with Gasteiger partial charge in [0.15, 0.2) is 5.82 Å². The van der Waals surface area contributed by atoms with Crippen molar-refractivity contribution >= 4 is 89.5 Å². The maximum absolute atomic E-state index is 17.4. The molecule has 2 N–H and O–H groups in total. The third-order valence-corrected chi connectivity index (χ3v) is 18.2. The summed E-state index contributed by atoms with van der Waals surface area (Å²) < 4.78 is 51.2. The molecular formula is C58H56ClF2N9O6S. The minimum Gasteiger partial charge on any atom is -0.486 e. The zero-order valence-electron chi connectivity index (χ0n) is 43.1. The molecule has 12 rings (SSSR count). The molecule has 15 nitrogen and oxygen atoms in total. The highest BCUT2D eigenvalue weighted by molar-refractivity contribution is 7.23. The standard InChI is InChI=1S/C58H56ClF2N9O6S/c1-5-33-37(32(27-71)28-74-56(33)73)24-44-50-40(26-67(44)4)34-9-6-10-35-45(14-13-43(64-50)46(34)35)76-31(3)30(2)55(72)69-21-19-68(20-22-69)54-38-23-41(59)48(36-11-12-42(60)52-47(36)39(25-62)53(63)77-52)49(61)51(38)65-57(66-54)75-29-58-15-7-17-70(58)18-8-16-58/h11-14,23-24,27,31,33H,2,5-10,15-22,26,28-29,63H2,1,3-4H3/b44-24-. The summed E-state index contributed by atoms with van der Waals surface area (Å²) in [5.74, 6) is -1.41. The van der Waals surface area contributed by atoms with Gasteiger partial charge in [0.25, 0.3) is 5.91 Å². The summed E-state index contributed by atoms with van der Waals surface area (Å²) >= 11 is 7.93. The van der Waals surface area contributed by atoms with E-state index in [9.17, 15) is 19.6 Å². The molecule has 0 radical (unpaired) electrons. The SMILES string of the molecule is C=C(C(=O)N1CCN(c2nc(OCC34CCCN3CCC4)nc3c(F)c(-c4ccc(F)c5sc(N)c(C#N)c45)c(Cl)cc23)CC1)C(C)Oc1ccc2nc3c(c4c2c1CCC4)CN(C)/C3=C\C1=C(C=O)COC(=O)C1CC. The van der Waals surface area contributed by atoms with Crippen molar-refractivity contribution in [3.05, 3.63) is 104 Å². The van der Waals surface area contributed by atoms with E-state index in [1.807, 2.05) is 44.0 Å². The fourth-order valence-electron chi connectivity index (χ4n) is 12.8. The number of pyridine rings is 1. The summed E-state index contributed by atoms with van der Waals surface area (Å²) in [6.45, 7) is 12.2. The van der Waals surface area contributed by atoms with Gasteiger partial charge in [0.05, 0.1) is 43.7 Å². The second kappa shape index (κ2) is 19.7. The molecule has 1 amide bonds. The van der Waals surface area contributed by atoms with Crippen molar-refractivity contribution in [3.8, 4) is 29.0 Å². The van der Waals surface area contributed by atoms with E-state index >= 15 is 8.78 Å². The van der Waals surface area contributed by atoms with Gasteiger partial charge in [-0.05, 0) is 118 Å². The molecule has 2 unspecified atom stereocenters. The largest absolute Gasteiger partial charge is 0.486 e. The number of carbonyl (C=O) groups excluding carboxylic acids is 3. The normalized spacial score (nSPS) is 20.0. The van der Waals surface area contributed by atoms with Crippen LogP contribution in [0.4, 0.5) is 19.6 Å². The minimum atomic E-state index is -0.780. The first-order chi connectivity index (χ1) is 37.2. The molecular weight excluding hydrogens is 1020 g/mol. The fraction of sp³-hybridized carbons (Fsp3) is 0.397. The van der Waals surface area contributed by atoms with Crippen LogP contribution in [-0.4, -0.2) is 119 Å². The number of thiophene rings is 1. The maximum Gasteiger partial charge on any atom is 0.319 e. The molecule has 6 aliphatic rings. The van der Waals surface area contributed by atoms with Crippen LogP contribution in [0.15, 0.2) is 59.7 Å². The monoisotopic (exact) mass is 1080 g/mol. The molecule has 1 aliphatic carbocycles. The molecule has 0 spiro atoms. The number of halogens is 3. The van der Waals surface area contributed by atoms with Crippen LogP contribution in [0.2, 0.25) is 5.02 Å². The van der Waals surface area contributed by atoms with Gasteiger partial charge >= 0.3 is 12.0 Å². The average molecular weight is 1080 g/mol. The van der Waals surface area contributed by atoms with E-state index in [1.165, 1.54) is 17.7 Å². The molecule has 77 heavy (non-hydrogen) atoms. The first kappa shape index (κ1) is 50.6. The molecule has 5 aliphatic heterocycles. The van der Waals surface area contributed by atoms with Crippen LogP contribution in [-0.2, 0) is 38.5 Å². The van der Waals surface area contributed by atoms with Crippen molar-refractivity contribution in [2.45, 2.75) is 83.4 Å². The molecule has 6 aromatic rings. The molecule has 3 fully saturated rings. The number of nitrogens with two attached hydrogens (primary N) is 1. The fourth-order valence-corrected chi connectivity index (χ4v) is 14.1. The predicted octanol–water partition coefficient (Wildman–Crippen LogP) is 9.48. The number of rotatable bonds is 12. The highest BCUT2D eigenvalue weighted by atomic mass is 35.5. The number of aldehydes is 1. The molecule has 19 heteroatoms. The van der Waals surface area contributed by atoms with E-state index < -0.39 is 23.7 Å². The Kier molecular flexibility index (Phi) is 12.9. The number of hydrogen-bond donors (Lipinski definition) is 1. The zero-order chi connectivity index (χ0) is 53.6. The second-order valence-corrected chi connectivity index (χ2v) is 22.5. The first-order valence-electron chi connectivity index (χ1n) is 26.4. The number of amides is 1. The molecule has 396 valence electrons. The number of cyclic esters (lactones) is 1. The van der Waals surface area contributed by atoms with Gasteiger partial charge in [0.2, 0.25) is 0 Å². The topological polar surface area (TPSA) is 180 Å². The smallest absolute Gasteiger partial charge is 0.319 e. The number of nitrogens with zero attached hydrogens (tertiary/aromatic N) is 8. The predicted molar refractivity (Wildman–Crippen MR) is 292 cm³/mol. The Balaban J connectivity index is 0.801. The summed E-state index contributed by atoms with van der Waals surface area (Å²) in [5.41, 5.74) is 13.5. The van der Waals surface area contributed by atoms with Crippen LogP contribution < -0.4 is 20.1 Å². The van der Waals surface area contributed by atoms with Gasteiger partial charge < -0.3 is 34.6 Å². The van der Waals surface area contributed by atoms with Crippen molar-refractivity contribution < 1.29 is 37.4 Å². The molecule has 8 heterocycles. The lowest BCUT2D eigenvalue weighted by Gasteiger charge is -2.37. The Morgan fingerprint density at radius 3 is 2.56 bits per heavy atom. The van der Waals surface area contributed by atoms with Crippen LogP contribution in [0.3, 0.4) is 0 Å². The van der Waals surface area contributed by atoms with Crippen molar-refractivity contribution in [2.24, 2.45) is 5.92 Å². The zero-order valence-corrected chi connectivity index (χ0v) is 44.6. The van der Waals surface area contributed by atoms with Crippen LogP contribution in [0.5, 0.6) is 11.8 Å². The van der Waals surface area contributed by atoms with Gasteiger partial charge in [0, 0.05) is 83.8 Å². The highest BCUT2D eigenvalue weighted by Crippen LogP contribution is 2.48. The minimum absolute atomic E-state index is 0.00260. The van der Waals surface area contributed by atoms with E-state index in [2.05, 4.69) is 22.4 Å². The summed E-state index contributed by atoms with van der Waals surface area (Å²) in [6, 6.07) is 10.1. The highest BCUT2D eigenvalue weighted by Gasteiger charge is 2.45. The molecule has 3 aromatic carbocycles. The number of aromatic nitrogens is 3. The number of allylic oxidation sites excluding steroid dienone is 1. The number of aryl methyl sites for hydroxylation is 2. The number of benzene rings is 3. The van der Waals surface area contributed by atoms with E-state index in [0.29, 0.717) is 79.4 Å². The number of esters is 1. The van der Waals surface area contributed by atoms with Crippen molar-refractivity contribution in [2.75, 3.05) is 70.2 Å². The lowest BCUT2D eigenvalue weighted by molar-refractivity contribution is -0.147. The molecule has 0 bridgehead atoms. The van der Waals surface area contributed by atoms with E-state index in [0.717, 1.165) is 109 Å². The summed E-state index contributed by atoms with van der Waals surface area (Å²) in [4.78, 5) is 62.3. The number of nitrogen functional groups attached to an aromatic ring is 1. The number of carbonyl (C=O) groups is 3. The molecule has 2 atom stereocenters. The number of nitriles is 1. The lowest BCUT2D eigenvalue weighted by atomic mass is 9.86. The summed E-state index contributed by atoms with van der Waals surface area (Å²) in [7, 11) is 2.00. The van der Waals surface area contributed by atoms with Gasteiger partial charge in [0.1, 0.15) is 59.6 Å². The number of anilines is 2. The molecule has 3 saturated heterocycles. The van der Waals surface area contributed by atoms with Crippen molar-refractivity contribution in [1.29, 1.82) is 5.26 Å². The first-order valence-corrected chi connectivity index (χ1v) is 27.6. The quantitative estimate of drug-likeness (QED) is 0.0695. The number of hydrogen-bond acceptors (Lipinski definition) is 15. The lowest BCUT2D eigenvalue weighted by Crippen LogP contribution is -2.50. The van der Waals surface area contributed by atoms with E-state index in [-0.39, 0.29) is 72.3 Å².